The molecule has 0 bridgehead atoms. The van der Waals surface area contributed by atoms with Crippen LogP contribution >= 0.6 is 0 Å². The third kappa shape index (κ3) is 3.09. The van der Waals surface area contributed by atoms with Crippen molar-refractivity contribution in [2.45, 2.75) is 6.92 Å². The molecule has 3 aromatic rings. The average Bonchev–Trinajstić information content (AvgIpc) is 3.22. The molecule has 1 saturated heterocycles. The number of rotatable bonds is 3. The van der Waals surface area contributed by atoms with Gasteiger partial charge in [-0.15, -0.1) is 0 Å². The highest BCUT2D eigenvalue weighted by Crippen LogP contribution is 2.23. The second-order valence-corrected chi connectivity index (χ2v) is 6.19. The predicted molar refractivity (Wildman–Crippen MR) is 99.5 cm³/mol. The van der Waals surface area contributed by atoms with Gasteiger partial charge < -0.3 is 9.80 Å². The zero-order valence-corrected chi connectivity index (χ0v) is 14.6. The molecule has 0 atom stereocenters. The van der Waals surface area contributed by atoms with Gasteiger partial charge in [-0.1, -0.05) is 12.1 Å². The molecule has 1 aromatic carbocycles. The van der Waals surface area contributed by atoms with Crippen LogP contribution in [0.2, 0.25) is 0 Å². The van der Waals surface area contributed by atoms with Crippen LogP contribution in [0.4, 0.5) is 11.5 Å². The van der Waals surface area contributed by atoms with Crippen LogP contribution in [0, 0.1) is 18.3 Å². The summed E-state index contributed by atoms with van der Waals surface area (Å²) in [6, 6.07) is 13.9. The summed E-state index contributed by atoms with van der Waals surface area (Å²) in [5.74, 6) is 2.41. The highest BCUT2D eigenvalue weighted by atomic mass is 15.3. The molecule has 7 nitrogen and oxygen atoms in total. The van der Waals surface area contributed by atoms with E-state index in [4.69, 9.17) is 0 Å². The third-order valence-electron chi connectivity index (χ3n) is 4.52. The monoisotopic (exact) mass is 345 g/mol. The Kier molecular flexibility index (Phi) is 4.23. The van der Waals surface area contributed by atoms with Gasteiger partial charge in [0.2, 0.25) is 0 Å². The molecule has 0 aliphatic carbocycles. The zero-order chi connectivity index (χ0) is 17.9. The van der Waals surface area contributed by atoms with E-state index >= 15 is 0 Å². The molecule has 0 amide bonds. The summed E-state index contributed by atoms with van der Waals surface area (Å²) in [5, 5.41) is 13.6. The van der Waals surface area contributed by atoms with Crippen molar-refractivity contribution in [2.75, 3.05) is 36.0 Å². The van der Waals surface area contributed by atoms with Gasteiger partial charge in [-0.25, -0.2) is 14.6 Å². The Balaban J connectivity index is 1.53. The van der Waals surface area contributed by atoms with E-state index in [2.05, 4.69) is 30.9 Å². The minimum Gasteiger partial charge on any atom is -0.367 e. The second-order valence-electron chi connectivity index (χ2n) is 6.19. The first-order chi connectivity index (χ1) is 12.7. The molecule has 1 aliphatic heterocycles. The summed E-state index contributed by atoms with van der Waals surface area (Å²) in [7, 11) is 0. The number of benzene rings is 1. The van der Waals surface area contributed by atoms with Gasteiger partial charge in [-0.05, 0) is 25.1 Å². The van der Waals surface area contributed by atoms with Crippen LogP contribution in [0.3, 0.4) is 0 Å². The molecule has 0 N–H and O–H groups in total. The van der Waals surface area contributed by atoms with Gasteiger partial charge in [0.05, 0.1) is 11.3 Å². The Morgan fingerprint density at radius 2 is 1.69 bits per heavy atom. The molecular formula is C19H19N7. The van der Waals surface area contributed by atoms with E-state index in [9.17, 15) is 5.26 Å². The Morgan fingerprint density at radius 1 is 0.962 bits per heavy atom. The first-order valence-corrected chi connectivity index (χ1v) is 8.59. The van der Waals surface area contributed by atoms with E-state index in [0.29, 0.717) is 0 Å². The lowest BCUT2D eigenvalue weighted by Gasteiger charge is -2.37. The molecule has 0 unspecified atom stereocenters. The molecule has 1 aliphatic rings. The minimum absolute atomic E-state index is 0.722. The summed E-state index contributed by atoms with van der Waals surface area (Å²) in [6.07, 6.45) is 3.62. The Labute approximate surface area is 152 Å². The van der Waals surface area contributed by atoms with Crippen molar-refractivity contribution >= 4 is 11.5 Å². The van der Waals surface area contributed by atoms with E-state index in [1.54, 1.807) is 10.9 Å². The lowest BCUT2D eigenvalue weighted by atomic mass is 10.1. The molecular weight excluding hydrogens is 326 g/mol. The maximum atomic E-state index is 9.32. The zero-order valence-electron chi connectivity index (χ0n) is 14.6. The maximum Gasteiger partial charge on any atom is 0.159 e. The van der Waals surface area contributed by atoms with Crippen molar-refractivity contribution in [1.82, 2.24) is 19.7 Å². The molecule has 0 saturated carbocycles. The highest BCUT2D eigenvalue weighted by molar-refractivity contribution is 5.60. The first-order valence-electron chi connectivity index (χ1n) is 8.59. The van der Waals surface area contributed by atoms with E-state index in [1.165, 1.54) is 0 Å². The van der Waals surface area contributed by atoms with Crippen molar-refractivity contribution < 1.29 is 0 Å². The summed E-state index contributed by atoms with van der Waals surface area (Å²) in [5.41, 5.74) is 1.73. The number of aromatic nitrogens is 4. The fourth-order valence-corrected chi connectivity index (χ4v) is 3.24. The fraction of sp³-hybridized carbons (Fsp3) is 0.263. The Morgan fingerprint density at radius 3 is 2.42 bits per heavy atom. The van der Waals surface area contributed by atoms with Gasteiger partial charge in [0.1, 0.15) is 17.7 Å². The van der Waals surface area contributed by atoms with Crippen LogP contribution in [-0.2, 0) is 0 Å². The third-order valence-corrected chi connectivity index (χ3v) is 4.52. The highest BCUT2D eigenvalue weighted by Gasteiger charge is 2.21. The molecule has 26 heavy (non-hydrogen) atoms. The lowest BCUT2D eigenvalue weighted by Crippen LogP contribution is -2.47. The van der Waals surface area contributed by atoms with Gasteiger partial charge in [-0.2, -0.15) is 10.4 Å². The van der Waals surface area contributed by atoms with Crippen LogP contribution in [0.15, 0.2) is 48.8 Å². The molecule has 1 fully saturated rings. The minimum atomic E-state index is 0.722. The number of nitrogens with zero attached hydrogens (tertiary/aromatic N) is 7. The number of nitriles is 1. The summed E-state index contributed by atoms with van der Waals surface area (Å²) < 4.78 is 1.75. The van der Waals surface area contributed by atoms with Crippen molar-refractivity contribution in [3.05, 3.63) is 60.2 Å². The summed E-state index contributed by atoms with van der Waals surface area (Å²) in [4.78, 5) is 13.6. The van der Waals surface area contributed by atoms with Crippen LogP contribution in [-0.4, -0.2) is 45.9 Å². The molecule has 0 radical (unpaired) electrons. The van der Waals surface area contributed by atoms with Gasteiger partial charge in [-0.3, -0.25) is 0 Å². The van der Waals surface area contributed by atoms with Crippen molar-refractivity contribution in [3.8, 4) is 11.9 Å². The molecule has 2 aromatic heterocycles. The number of anilines is 2. The lowest BCUT2D eigenvalue weighted by molar-refractivity contribution is 0.644. The Hall–Kier alpha value is -3.40. The quantitative estimate of drug-likeness (QED) is 0.724. The number of piperazine rings is 1. The van der Waals surface area contributed by atoms with Gasteiger partial charge >= 0.3 is 0 Å². The standard InChI is InChI=1S/C19H19N7/c1-15-22-18(13-19(23-15)26-8-4-7-21-26)25-11-9-24(10-12-25)17-6-3-2-5-16(17)14-20/h2-8,13H,9-12H2,1H3. The normalized spacial score (nSPS) is 14.3. The van der Waals surface area contributed by atoms with Gasteiger partial charge in [0.15, 0.2) is 5.82 Å². The fourth-order valence-electron chi connectivity index (χ4n) is 3.24. The van der Waals surface area contributed by atoms with Crippen molar-refractivity contribution in [3.63, 3.8) is 0 Å². The predicted octanol–water partition coefficient (Wildman–Crippen LogP) is 2.17. The number of aryl methyl sites for hydroxylation is 1. The van der Waals surface area contributed by atoms with Crippen LogP contribution in [0.5, 0.6) is 0 Å². The number of hydrogen-bond donors (Lipinski definition) is 0. The second kappa shape index (κ2) is 6.84. The van der Waals surface area contributed by atoms with E-state index in [0.717, 1.165) is 54.9 Å². The SMILES string of the molecule is Cc1nc(N2CCN(c3ccccc3C#N)CC2)cc(-n2cccn2)n1. The van der Waals surface area contributed by atoms with Crippen molar-refractivity contribution in [1.29, 1.82) is 5.26 Å². The van der Waals surface area contributed by atoms with E-state index < -0.39 is 0 Å². The van der Waals surface area contributed by atoms with Crippen LogP contribution in [0.1, 0.15) is 11.4 Å². The first kappa shape index (κ1) is 16.1. The van der Waals surface area contributed by atoms with E-state index in [-0.39, 0.29) is 0 Å². The molecule has 0 spiro atoms. The molecule has 7 heteroatoms. The maximum absolute atomic E-state index is 9.32. The average molecular weight is 345 g/mol. The number of hydrogen-bond acceptors (Lipinski definition) is 6. The largest absolute Gasteiger partial charge is 0.367 e. The smallest absolute Gasteiger partial charge is 0.159 e. The van der Waals surface area contributed by atoms with Gasteiger partial charge in [0.25, 0.3) is 0 Å². The summed E-state index contributed by atoms with van der Waals surface area (Å²) >= 11 is 0. The number of para-hydroxylation sites is 1. The Bertz CT molecular complexity index is 935. The summed E-state index contributed by atoms with van der Waals surface area (Å²) in [6.45, 7) is 5.27. The topological polar surface area (TPSA) is 73.9 Å². The van der Waals surface area contributed by atoms with Crippen LogP contribution in [0.25, 0.3) is 5.82 Å². The van der Waals surface area contributed by atoms with E-state index in [1.807, 2.05) is 49.5 Å². The molecule has 4 rings (SSSR count). The molecule has 130 valence electrons. The van der Waals surface area contributed by atoms with Crippen LogP contribution < -0.4 is 9.80 Å². The molecule has 3 heterocycles. The van der Waals surface area contributed by atoms with Crippen molar-refractivity contribution in [2.24, 2.45) is 0 Å². The van der Waals surface area contributed by atoms with Gasteiger partial charge in [0, 0.05) is 44.6 Å².